The van der Waals surface area contributed by atoms with Crippen molar-refractivity contribution in [2.45, 2.75) is 13.3 Å². The Morgan fingerprint density at radius 1 is 1.00 bits per heavy atom. The number of aryl methyl sites for hydroxylation is 1. The summed E-state index contributed by atoms with van der Waals surface area (Å²) in [5.74, 6) is 1.31. The highest BCUT2D eigenvalue weighted by Crippen LogP contribution is 2.19. The molecule has 0 radical (unpaired) electrons. The van der Waals surface area contributed by atoms with Gasteiger partial charge in [0, 0.05) is 24.2 Å². The third kappa shape index (κ3) is 3.28. The van der Waals surface area contributed by atoms with Gasteiger partial charge in [-0.2, -0.15) is 4.98 Å². The fourth-order valence-corrected chi connectivity index (χ4v) is 2.16. The van der Waals surface area contributed by atoms with Gasteiger partial charge < -0.3 is 9.84 Å². The van der Waals surface area contributed by atoms with Gasteiger partial charge in [-0.3, -0.25) is 0 Å². The molecule has 21 heavy (non-hydrogen) atoms. The predicted octanol–water partition coefficient (Wildman–Crippen LogP) is 3.70. The summed E-state index contributed by atoms with van der Waals surface area (Å²) in [6.45, 7) is 2.81. The average molecular weight is 279 g/mol. The quantitative estimate of drug-likeness (QED) is 0.773. The Morgan fingerprint density at radius 3 is 2.57 bits per heavy atom. The highest BCUT2D eigenvalue weighted by Gasteiger charge is 2.09. The molecule has 0 aliphatic rings. The molecule has 0 saturated heterocycles. The standard InChI is InChI=1S/C17H17N3O/c1-13-7-5-6-10-15(13)17-19-16(21-20-17)11-12-18-14-8-3-2-4-9-14/h2-10,18H,11-12H2,1H3. The molecule has 2 aromatic carbocycles. The zero-order valence-corrected chi connectivity index (χ0v) is 11.9. The summed E-state index contributed by atoms with van der Waals surface area (Å²) in [6, 6.07) is 18.1. The van der Waals surface area contributed by atoms with E-state index in [0.29, 0.717) is 18.1 Å². The van der Waals surface area contributed by atoms with Crippen molar-refractivity contribution in [2.75, 3.05) is 11.9 Å². The monoisotopic (exact) mass is 279 g/mol. The minimum absolute atomic E-state index is 0.650. The fraction of sp³-hybridized carbons (Fsp3) is 0.176. The molecule has 0 fully saturated rings. The molecule has 0 amide bonds. The first-order chi connectivity index (χ1) is 10.3. The second-order valence-corrected chi connectivity index (χ2v) is 4.87. The van der Waals surface area contributed by atoms with E-state index in [0.717, 1.165) is 23.4 Å². The van der Waals surface area contributed by atoms with Crippen molar-refractivity contribution in [2.24, 2.45) is 0 Å². The van der Waals surface area contributed by atoms with Crippen LogP contribution in [0, 0.1) is 6.92 Å². The van der Waals surface area contributed by atoms with Crippen LogP contribution >= 0.6 is 0 Å². The molecule has 106 valence electrons. The smallest absolute Gasteiger partial charge is 0.228 e. The third-order valence-electron chi connectivity index (χ3n) is 3.30. The van der Waals surface area contributed by atoms with Gasteiger partial charge in [0.25, 0.3) is 0 Å². The zero-order valence-electron chi connectivity index (χ0n) is 11.9. The second-order valence-electron chi connectivity index (χ2n) is 4.87. The first-order valence-corrected chi connectivity index (χ1v) is 7.00. The maximum Gasteiger partial charge on any atom is 0.228 e. The summed E-state index contributed by atoms with van der Waals surface area (Å²) in [5.41, 5.74) is 3.26. The van der Waals surface area contributed by atoms with E-state index in [-0.39, 0.29) is 0 Å². The molecule has 0 aliphatic heterocycles. The van der Waals surface area contributed by atoms with Crippen molar-refractivity contribution in [3.63, 3.8) is 0 Å². The van der Waals surface area contributed by atoms with Crippen LogP contribution in [-0.4, -0.2) is 16.7 Å². The summed E-state index contributed by atoms with van der Waals surface area (Å²) in [4.78, 5) is 4.45. The van der Waals surface area contributed by atoms with Crippen LogP contribution in [0.2, 0.25) is 0 Å². The largest absolute Gasteiger partial charge is 0.385 e. The SMILES string of the molecule is Cc1ccccc1-c1noc(CCNc2ccccc2)n1. The number of hydrogen-bond acceptors (Lipinski definition) is 4. The van der Waals surface area contributed by atoms with Crippen LogP contribution in [0.3, 0.4) is 0 Å². The Kier molecular flexibility index (Phi) is 3.96. The highest BCUT2D eigenvalue weighted by atomic mass is 16.5. The van der Waals surface area contributed by atoms with Gasteiger partial charge in [0.05, 0.1) is 0 Å². The molecular formula is C17H17N3O. The minimum Gasteiger partial charge on any atom is -0.385 e. The molecule has 0 aliphatic carbocycles. The summed E-state index contributed by atoms with van der Waals surface area (Å²) in [6.07, 6.45) is 0.702. The van der Waals surface area contributed by atoms with Crippen molar-refractivity contribution in [3.8, 4) is 11.4 Å². The molecule has 1 heterocycles. The van der Waals surface area contributed by atoms with Crippen LogP contribution in [0.1, 0.15) is 11.5 Å². The first-order valence-electron chi connectivity index (χ1n) is 7.00. The van der Waals surface area contributed by atoms with Gasteiger partial charge in [0.2, 0.25) is 11.7 Å². The van der Waals surface area contributed by atoms with Crippen LogP contribution < -0.4 is 5.32 Å². The average Bonchev–Trinajstić information content (AvgIpc) is 2.97. The summed E-state index contributed by atoms with van der Waals surface area (Å²) in [7, 11) is 0. The molecule has 3 rings (SSSR count). The van der Waals surface area contributed by atoms with Crippen molar-refractivity contribution < 1.29 is 4.52 Å². The Morgan fingerprint density at radius 2 is 1.76 bits per heavy atom. The van der Waals surface area contributed by atoms with E-state index >= 15 is 0 Å². The molecule has 1 N–H and O–H groups in total. The molecule has 0 saturated carbocycles. The van der Waals surface area contributed by atoms with E-state index in [1.54, 1.807) is 0 Å². The number of aromatic nitrogens is 2. The van der Waals surface area contributed by atoms with Crippen molar-refractivity contribution in [3.05, 3.63) is 66.1 Å². The maximum absolute atomic E-state index is 5.31. The topological polar surface area (TPSA) is 51.0 Å². The number of hydrogen-bond donors (Lipinski definition) is 1. The van der Waals surface area contributed by atoms with E-state index in [2.05, 4.69) is 15.5 Å². The number of nitrogens with zero attached hydrogens (tertiary/aromatic N) is 2. The molecule has 1 aromatic heterocycles. The molecule has 4 nitrogen and oxygen atoms in total. The Hall–Kier alpha value is -2.62. The molecule has 3 aromatic rings. The Balaban J connectivity index is 1.62. The molecule has 0 unspecified atom stereocenters. The van der Waals surface area contributed by atoms with Gasteiger partial charge in [-0.1, -0.05) is 47.6 Å². The molecular weight excluding hydrogens is 262 g/mol. The molecule has 0 bridgehead atoms. The second kappa shape index (κ2) is 6.22. The lowest BCUT2D eigenvalue weighted by molar-refractivity contribution is 0.381. The van der Waals surface area contributed by atoms with E-state index in [1.807, 2.05) is 61.5 Å². The Labute approximate surface area is 123 Å². The van der Waals surface area contributed by atoms with Crippen LogP contribution in [0.4, 0.5) is 5.69 Å². The number of benzene rings is 2. The van der Waals surface area contributed by atoms with Gasteiger partial charge in [0.15, 0.2) is 0 Å². The van der Waals surface area contributed by atoms with Crippen molar-refractivity contribution >= 4 is 5.69 Å². The van der Waals surface area contributed by atoms with Gasteiger partial charge in [-0.15, -0.1) is 0 Å². The minimum atomic E-state index is 0.650. The fourth-order valence-electron chi connectivity index (χ4n) is 2.16. The predicted molar refractivity (Wildman–Crippen MR) is 83.1 cm³/mol. The zero-order chi connectivity index (χ0) is 14.5. The maximum atomic E-state index is 5.31. The lowest BCUT2D eigenvalue weighted by Crippen LogP contribution is -2.04. The van der Waals surface area contributed by atoms with Crippen molar-refractivity contribution in [1.82, 2.24) is 10.1 Å². The van der Waals surface area contributed by atoms with Gasteiger partial charge >= 0.3 is 0 Å². The van der Waals surface area contributed by atoms with E-state index < -0.39 is 0 Å². The van der Waals surface area contributed by atoms with E-state index in [4.69, 9.17) is 4.52 Å². The lowest BCUT2D eigenvalue weighted by Gasteiger charge is -2.03. The summed E-state index contributed by atoms with van der Waals surface area (Å²) < 4.78 is 5.31. The molecule has 0 spiro atoms. The Bertz CT molecular complexity index is 707. The van der Waals surface area contributed by atoms with Gasteiger partial charge in [0.1, 0.15) is 0 Å². The first kappa shape index (κ1) is 13.4. The van der Waals surface area contributed by atoms with Crippen LogP contribution in [0.25, 0.3) is 11.4 Å². The van der Waals surface area contributed by atoms with Crippen LogP contribution in [0.5, 0.6) is 0 Å². The van der Waals surface area contributed by atoms with Gasteiger partial charge in [-0.25, -0.2) is 0 Å². The van der Waals surface area contributed by atoms with E-state index in [1.165, 1.54) is 0 Å². The van der Waals surface area contributed by atoms with Gasteiger partial charge in [-0.05, 0) is 24.6 Å². The lowest BCUT2D eigenvalue weighted by atomic mass is 10.1. The van der Waals surface area contributed by atoms with Crippen LogP contribution in [0.15, 0.2) is 59.1 Å². The molecule has 0 atom stereocenters. The highest BCUT2D eigenvalue weighted by molar-refractivity contribution is 5.58. The van der Waals surface area contributed by atoms with Crippen LogP contribution in [-0.2, 0) is 6.42 Å². The summed E-state index contributed by atoms with van der Waals surface area (Å²) >= 11 is 0. The van der Waals surface area contributed by atoms with Crippen molar-refractivity contribution in [1.29, 1.82) is 0 Å². The summed E-state index contributed by atoms with van der Waals surface area (Å²) in [5, 5.41) is 7.38. The normalized spacial score (nSPS) is 10.5. The molecule has 4 heteroatoms. The third-order valence-corrected chi connectivity index (χ3v) is 3.30. The van der Waals surface area contributed by atoms with E-state index in [9.17, 15) is 0 Å². The number of nitrogens with one attached hydrogen (secondary N) is 1. The number of anilines is 1. The number of rotatable bonds is 5. The number of para-hydroxylation sites is 1.